The number of benzene rings is 2. The number of alkyl carbamates (subject to hydrolysis) is 1. The van der Waals surface area contributed by atoms with Gasteiger partial charge in [0.15, 0.2) is 0 Å². The van der Waals surface area contributed by atoms with Gasteiger partial charge in [-0.25, -0.2) is 9.59 Å². The molecule has 2 saturated carbocycles. The number of ether oxygens (including phenoxy) is 1. The Hall–Kier alpha value is -3.35. The highest BCUT2D eigenvalue weighted by Gasteiger charge is 2.63. The number of fused-ring (bicyclic) bond motifs is 4. The molecule has 2 bridgehead atoms. The van der Waals surface area contributed by atoms with Crippen LogP contribution in [0.25, 0.3) is 11.1 Å². The zero-order chi connectivity index (χ0) is 24.4. The van der Waals surface area contributed by atoms with Crippen LogP contribution in [0.15, 0.2) is 48.5 Å². The molecule has 1 atom stereocenters. The van der Waals surface area contributed by atoms with Gasteiger partial charge in [-0.2, -0.15) is 0 Å². The van der Waals surface area contributed by atoms with Gasteiger partial charge in [-0.05, 0) is 66.7 Å². The summed E-state index contributed by atoms with van der Waals surface area (Å²) >= 11 is 0. The van der Waals surface area contributed by atoms with Crippen LogP contribution >= 0.6 is 0 Å². The maximum atomic E-state index is 13.2. The molecular weight excluding hydrogens is 444 g/mol. The molecule has 7 nitrogen and oxygen atoms in total. The highest BCUT2D eigenvalue weighted by atomic mass is 16.5. The van der Waals surface area contributed by atoms with Crippen molar-refractivity contribution in [2.75, 3.05) is 13.2 Å². The van der Waals surface area contributed by atoms with Gasteiger partial charge in [-0.1, -0.05) is 48.5 Å². The smallest absolute Gasteiger partial charge is 0.407 e. The number of amides is 2. The topological polar surface area (TPSA) is 95.9 Å². The van der Waals surface area contributed by atoms with Gasteiger partial charge in [-0.15, -0.1) is 0 Å². The van der Waals surface area contributed by atoms with Crippen LogP contribution in [0.4, 0.5) is 4.79 Å². The standard InChI is InChI=1S/C28H30N2O5/c1-27(18-10-11-18,14-24(31)30-15-17-12-28(30,13-17)25(32)33)29-26(34)35-16-23-21-8-4-2-6-19(21)20-7-3-5-9-22(20)23/h2-9,17-18,23H,10-16H2,1H3,(H,29,34)(H,32,33). The molecule has 0 radical (unpaired) electrons. The normalized spacial score (nSPS) is 25.7. The van der Waals surface area contributed by atoms with Crippen LogP contribution < -0.4 is 5.32 Å². The Balaban J connectivity index is 1.13. The minimum absolute atomic E-state index is 0.0335. The van der Waals surface area contributed by atoms with E-state index in [1.807, 2.05) is 31.2 Å². The molecule has 0 spiro atoms. The first-order chi connectivity index (χ1) is 16.8. The molecule has 5 aliphatic rings. The summed E-state index contributed by atoms with van der Waals surface area (Å²) in [5.41, 5.74) is 2.83. The van der Waals surface area contributed by atoms with Crippen molar-refractivity contribution in [1.82, 2.24) is 10.2 Å². The number of aliphatic carboxylic acids is 1. The molecular formula is C28H30N2O5. The van der Waals surface area contributed by atoms with Gasteiger partial charge in [0.2, 0.25) is 5.91 Å². The second-order valence-corrected chi connectivity index (χ2v) is 10.9. The molecule has 35 heavy (non-hydrogen) atoms. The predicted octanol–water partition coefficient (Wildman–Crippen LogP) is 4.16. The number of hydrogen-bond donors (Lipinski definition) is 2. The van der Waals surface area contributed by atoms with Crippen molar-refractivity contribution in [1.29, 1.82) is 0 Å². The third kappa shape index (κ3) is 3.51. The summed E-state index contributed by atoms with van der Waals surface area (Å²) in [7, 11) is 0. The number of carboxylic acids is 1. The molecule has 2 amide bonds. The van der Waals surface area contributed by atoms with Crippen molar-refractivity contribution in [2.24, 2.45) is 11.8 Å². The van der Waals surface area contributed by atoms with Crippen molar-refractivity contribution < 1.29 is 24.2 Å². The summed E-state index contributed by atoms with van der Waals surface area (Å²) < 4.78 is 5.74. The highest BCUT2D eigenvalue weighted by molar-refractivity contribution is 5.90. The summed E-state index contributed by atoms with van der Waals surface area (Å²) in [6, 6.07) is 16.4. The average Bonchev–Trinajstić information content (AvgIpc) is 3.41. The lowest BCUT2D eigenvalue weighted by molar-refractivity contribution is -0.159. The molecule has 1 unspecified atom stereocenters. The molecule has 2 aromatic carbocycles. The van der Waals surface area contributed by atoms with Gasteiger partial charge >= 0.3 is 12.1 Å². The average molecular weight is 475 g/mol. The Labute approximate surface area is 204 Å². The van der Waals surface area contributed by atoms with Crippen molar-refractivity contribution in [3.05, 3.63) is 59.7 Å². The minimum Gasteiger partial charge on any atom is -0.479 e. The molecule has 3 aliphatic carbocycles. The zero-order valence-electron chi connectivity index (χ0n) is 19.8. The van der Waals surface area contributed by atoms with E-state index >= 15 is 0 Å². The van der Waals surface area contributed by atoms with Crippen LogP contribution in [-0.2, 0) is 14.3 Å². The van der Waals surface area contributed by atoms with Gasteiger partial charge in [0.1, 0.15) is 12.1 Å². The Morgan fingerprint density at radius 1 is 1.06 bits per heavy atom. The van der Waals surface area contributed by atoms with Gasteiger partial charge in [-0.3, -0.25) is 4.79 Å². The van der Waals surface area contributed by atoms with Crippen molar-refractivity contribution in [3.63, 3.8) is 0 Å². The molecule has 4 fully saturated rings. The van der Waals surface area contributed by atoms with E-state index in [2.05, 4.69) is 29.6 Å². The Bertz CT molecular complexity index is 1170. The Morgan fingerprint density at radius 2 is 1.66 bits per heavy atom. The monoisotopic (exact) mass is 474 g/mol. The fourth-order valence-corrected chi connectivity index (χ4v) is 6.60. The first kappa shape index (κ1) is 22.1. The Kier molecular flexibility index (Phi) is 4.95. The number of carbonyl (C=O) groups excluding carboxylic acids is 2. The largest absolute Gasteiger partial charge is 0.479 e. The summed E-state index contributed by atoms with van der Waals surface area (Å²) in [6.45, 7) is 2.60. The lowest BCUT2D eigenvalue weighted by Gasteiger charge is -2.39. The number of carbonyl (C=O) groups is 3. The summed E-state index contributed by atoms with van der Waals surface area (Å²) in [5.74, 6) is -0.686. The SMILES string of the molecule is CC(CC(=O)N1CC2CC1(C(=O)O)C2)(NC(=O)OCC1c2ccccc2-c2ccccc21)C1CC1. The first-order valence-electron chi connectivity index (χ1n) is 12.5. The minimum atomic E-state index is -1.05. The summed E-state index contributed by atoms with van der Waals surface area (Å²) in [5, 5.41) is 12.7. The van der Waals surface area contributed by atoms with E-state index in [0.717, 1.165) is 24.0 Å². The summed E-state index contributed by atoms with van der Waals surface area (Å²) in [4.78, 5) is 39.6. The molecule has 7 heteroatoms. The zero-order valence-corrected chi connectivity index (χ0v) is 19.8. The highest BCUT2D eigenvalue weighted by Crippen LogP contribution is 2.52. The fraction of sp³-hybridized carbons (Fsp3) is 0.464. The number of hydrogen-bond acceptors (Lipinski definition) is 4. The van der Waals surface area contributed by atoms with E-state index in [9.17, 15) is 19.5 Å². The summed E-state index contributed by atoms with van der Waals surface area (Å²) in [6.07, 6.45) is 2.49. The molecule has 2 aliphatic heterocycles. The van der Waals surface area contributed by atoms with Crippen LogP contribution in [0.3, 0.4) is 0 Å². The van der Waals surface area contributed by atoms with E-state index in [1.165, 1.54) is 11.1 Å². The lowest BCUT2D eigenvalue weighted by atomic mass is 9.73. The second kappa shape index (κ2) is 7.83. The molecule has 0 aromatic heterocycles. The molecule has 2 saturated heterocycles. The fourth-order valence-electron chi connectivity index (χ4n) is 6.60. The number of carboxylic acid groups (broad SMARTS) is 1. The van der Waals surface area contributed by atoms with E-state index in [4.69, 9.17) is 4.74 Å². The maximum Gasteiger partial charge on any atom is 0.407 e. The van der Waals surface area contributed by atoms with Gasteiger partial charge in [0.25, 0.3) is 0 Å². The van der Waals surface area contributed by atoms with Gasteiger partial charge in [0, 0.05) is 12.5 Å². The van der Waals surface area contributed by atoms with Crippen molar-refractivity contribution in [2.45, 2.75) is 56.0 Å². The third-order valence-corrected chi connectivity index (χ3v) is 8.64. The van der Waals surface area contributed by atoms with Crippen LogP contribution in [-0.4, -0.2) is 52.2 Å². The number of nitrogens with one attached hydrogen (secondary N) is 1. The molecule has 2 aromatic rings. The predicted molar refractivity (Wildman–Crippen MR) is 129 cm³/mol. The molecule has 7 rings (SSSR count). The van der Waals surface area contributed by atoms with Crippen LogP contribution in [0.2, 0.25) is 0 Å². The number of rotatable bonds is 7. The van der Waals surface area contributed by atoms with Crippen LogP contribution in [0.1, 0.15) is 56.1 Å². The van der Waals surface area contributed by atoms with Crippen molar-refractivity contribution in [3.8, 4) is 11.1 Å². The maximum absolute atomic E-state index is 13.2. The lowest BCUT2D eigenvalue weighted by Crippen LogP contribution is -2.57. The van der Waals surface area contributed by atoms with E-state index in [-0.39, 0.29) is 36.7 Å². The van der Waals surface area contributed by atoms with Crippen LogP contribution in [0, 0.1) is 11.8 Å². The molecule has 2 heterocycles. The van der Waals surface area contributed by atoms with Crippen LogP contribution in [0.5, 0.6) is 0 Å². The first-order valence-corrected chi connectivity index (χ1v) is 12.5. The third-order valence-electron chi connectivity index (χ3n) is 8.64. The van der Waals surface area contributed by atoms with Gasteiger partial charge in [0.05, 0.1) is 12.0 Å². The number of nitrogens with zero attached hydrogens (tertiary/aromatic N) is 1. The second-order valence-electron chi connectivity index (χ2n) is 10.9. The van der Waals surface area contributed by atoms with E-state index < -0.39 is 23.1 Å². The Morgan fingerprint density at radius 3 is 2.23 bits per heavy atom. The quantitative estimate of drug-likeness (QED) is 0.628. The molecule has 182 valence electrons. The van der Waals surface area contributed by atoms with Gasteiger partial charge < -0.3 is 20.1 Å². The van der Waals surface area contributed by atoms with E-state index in [0.29, 0.717) is 19.4 Å². The van der Waals surface area contributed by atoms with Crippen molar-refractivity contribution >= 4 is 18.0 Å². The molecule has 2 N–H and O–H groups in total. The van der Waals surface area contributed by atoms with E-state index in [1.54, 1.807) is 4.90 Å².